The van der Waals surface area contributed by atoms with Gasteiger partial charge in [-0.05, 0) is 74.4 Å². The van der Waals surface area contributed by atoms with Crippen molar-refractivity contribution in [2.45, 2.75) is 25.7 Å². The molecule has 1 N–H and O–H groups in total. The van der Waals surface area contributed by atoms with E-state index in [1.54, 1.807) is 30.3 Å². The molecule has 0 saturated carbocycles. The zero-order chi connectivity index (χ0) is 22.1. The first-order valence-corrected chi connectivity index (χ1v) is 11.1. The van der Waals surface area contributed by atoms with Crippen molar-refractivity contribution in [3.8, 4) is 0 Å². The third-order valence-corrected chi connectivity index (χ3v) is 7.13. The highest BCUT2D eigenvalue weighted by Gasteiger charge is 2.23. The summed E-state index contributed by atoms with van der Waals surface area (Å²) in [5, 5.41) is 3.06. The van der Waals surface area contributed by atoms with Gasteiger partial charge in [-0.2, -0.15) is 0 Å². The van der Waals surface area contributed by atoms with Gasteiger partial charge in [-0.25, -0.2) is 8.42 Å². The van der Waals surface area contributed by atoms with Crippen LogP contribution in [0.3, 0.4) is 0 Å². The second-order valence-corrected chi connectivity index (χ2v) is 9.58. The van der Waals surface area contributed by atoms with E-state index in [1.807, 2.05) is 39.0 Å². The Morgan fingerprint density at radius 3 is 2.20 bits per heavy atom. The number of rotatable bonds is 5. The molecule has 1 amide bonds. The molecule has 3 rings (SSSR count). The monoisotopic (exact) mass is 442 g/mol. The molecule has 0 unspecified atom stereocenters. The predicted molar refractivity (Wildman–Crippen MR) is 122 cm³/mol. The first kappa shape index (κ1) is 21.9. The maximum Gasteiger partial charge on any atom is 0.264 e. The van der Waals surface area contributed by atoms with E-state index in [0.717, 1.165) is 21.0 Å². The number of nitrogens with zero attached hydrogens (tertiary/aromatic N) is 1. The number of aryl methyl sites for hydroxylation is 3. The maximum atomic E-state index is 13.0. The van der Waals surface area contributed by atoms with Gasteiger partial charge in [0.15, 0.2) is 0 Å². The zero-order valence-electron chi connectivity index (χ0n) is 17.2. The number of hydrogen-bond acceptors (Lipinski definition) is 3. The number of carbonyl (C=O) groups excluding carboxylic acids is 1. The van der Waals surface area contributed by atoms with Crippen molar-refractivity contribution < 1.29 is 13.2 Å². The van der Waals surface area contributed by atoms with E-state index >= 15 is 0 Å². The van der Waals surface area contributed by atoms with Crippen molar-refractivity contribution >= 4 is 38.9 Å². The molecule has 5 nitrogen and oxygen atoms in total. The molecule has 0 spiro atoms. The fraction of sp³-hybridized carbons (Fsp3) is 0.174. The number of hydrogen-bond donors (Lipinski definition) is 1. The Hall–Kier alpha value is -2.83. The van der Waals surface area contributed by atoms with Crippen molar-refractivity contribution in [2.75, 3.05) is 16.7 Å². The molecule has 7 heteroatoms. The maximum absolute atomic E-state index is 13.0. The fourth-order valence-electron chi connectivity index (χ4n) is 2.91. The van der Waals surface area contributed by atoms with Crippen molar-refractivity contribution in [3.05, 3.63) is 87.9 Å². The molecular weight excluding hydrogens is 420 g/mol. The molecule has 0 bridgehead atoms. The smallest absolute Gasteiger partial charge is 0.264 e. The number of halogens is 1. The Balaban J connectivity index is 1.91. The number of carbonyl (C=O) groups is 1. The predicted octanol–water partition coefficient (Wildman–Crippen LogP) is 5.34. The van der Waals surface area contributed by atoms with Gasteiger partial charge >= 0.3 is 0 Å². The molecular formula is C23H23ClN2O3S. The Morgan fingerprint density at radius 1 is 0.900 bits per heavy atom. The van der Waals surface area contributed by atoms with Gasteiger partial charge in [0.1, 0.15) is 0 Å². The Morgan fingerprint density at radius 2 is 1.57 bits per heavy atom. The van der Waals surface area contributed by atoms with Gasteiger partial charge in [-0.3, -0.25) is 9.10 Å². The number of sulfonamides is 1. The van der Waals surface area contributed by atoms with Crippen LogP contribution >= 0.6 is 11.6 Å². The molecule has 0 aliphatic heterocycles. The first-order valence-electron chi connectivity index (χ1n) is 9.33. The average molecular weight is 443 g/mol. The minimum Gasteiger partial charge on any atom is -0.322 e. The largest absolute Gasteiger partial charge is 0.322 e. The third kappa shape index (κ3) is 4.50. The van der Waals surface area contributed by atoms with Crippen LogP contribution < -0.4 is 9.62 Å². The lowest BCUT2D eigenvalue weighted by Crippen LogP contribution is -2.27. The van der Waals surface area contributed by atoms with Crippen LogP contribution in [-0.2, 0) is 10.0 Å². The highest BCUT2D eigenvalue weighted by molar-refractivity contribution is 7.92. The number of benzene rings is 3. The topological polar surface area (TPSA) is 66.5 Å². The van der Waals surface area contributed by atoms with Crippen LogP contribution in [0.15, 0.2) is 65.6 Å². The standard InChI is InChI=1S/C23H23ClN2O3S/c1-15-5-10-20(11-6-15)30(28,29)26(4)19-9-12-22(24)21(14-19)23(27)25-18-8-7-16(2)17(3)13-18/h5-14H,1-4H3,(H,25,27). The summed E-state index contributed by atoms with van der Waals surface area (Å²) >= 11 is 6.24. The van der Waals surface area contributed by atoms with Gasteiger partial charge in [0, 0.05) is 12.7 Å². The quantitative estimate of drug-likeness (QED) is 0.579. The summed E-state index contributed by atoms with van der Waals surface area (Å²) in [6.45, 7) is 5.84. The van der Waals surface area contributed by atoms with E-state index in [9.17, 15) is 13.2 Å². The molecule has 0 heterocycles. The van der Waals surface area contributed by atoms with Crippen LogP contribution in [0, 0.1) is 20.8 Å². The molecule has 30 heavy (non-hydrogen) atoms. The van der Waals surface area contributed by atoms with Crippen molar-refractivity contribution in [3.63, 3.8) is 0 Å². The minimum absolute atomic E-state index is 0.173. The van der Waals surface area contributed by atoms with E-state index in [1.165, 1.54) is 19.2 Å². The van der Waals surface area contributed by atoms with Crippen LogP contribution in [0.1, 0.15) is 27.0 Å². The Labute approximate surface area is 182 Å². The van der Waals surface area contributed by atoms with E-state index in [-0.39, 0.29) is 15.5 Å². The summed E-state index contributed by atoms with van der Waals surface area (Å²) in [5.41, 5.74) is 4.31. The average Bonchev–Trinajstić information content (AvgIpc) is 2.71. The highest BCUT2D eigenvalue weighted by atomic mass is 35.5. The van der Waals surface area contributed by atoms with Gasteiger partial charge in [-0.15, -0.1) is 0 Å². The molecule has 3 aromatic carbocycles. The van der Waals surface area contributed by atoms with Crippen LogP contribution in [0.5, 0.6) is 0 Å². The lowest BCUT2D eigenvalue weighted by Gasteiger charge is -2.20. The summed E-state index contributed by atoms with van der Waals surface area (Å²) in [5.74, 6) is -0.411. The highest BCUT2D eigenvalue weighted by Crippen LogP contribution is 2.28. The second-order valence-electron chi connectivity index (χ2n) is 7.20. The van der Waals surface area contributed by atoms with E-state index in [0.29, 0.717) is 11.4 Å². The van der Waals surface area contributed by atoms with Crippen molar-refractivity contribution in [1.29, 1.82) is 0 Å². The molecule has 156 valence electrons. The lowest BCUT2D eigenvalue weighted by molar-refractivity contribution is 0.102. The number of amides is 1. The molecule has 0 atom stereocenters. The van der Waals surface area contributed by atoms with Gasteiger partial charge in [-0.1, -0.05) is 35.4 Å². The summed E-state index contributed by atoms with van der Waals surface area (Å²) < 4.78 is 27.1. The Bertz CT molecular complexity index is 1210. The van der Waals surface area contributed by atoms with E-state index in [4.69, 9.17) is 11.6 Å². The normalized spacial score (nSPS) is 11.2. The third-order valence-electron chi connectivity index (χ3n) is 5.00. The van der Waals surface area contributed by atoms with Crippen LogP contribution in [0.4, 0.5) is 11.4 Å². The summed E-state index contributed by atoms with van der Waals surface area (Å²) in [6, 6.07) is 16.8. The molecule has 3 aromatic rings. The lowest BCUT2D eigenvalue weighted by atomic mass is 10.1. The zero-order valence-corrected chi connectivity index (χ0v) is 18.8. The van der Waals surface area contributed by atoms with Gasteiger partial charge in [0.25, 0.3) is 15.9 Å². The fourth-order valence-corrected chi connectivity index (χ4v) is 4.30. The van der Waals surface area contributed by atoms with Crippen molar-refractivity contribution in [1.82, 2.24) is 0 Å². The van der Waals surface area contributed by atoms with Gasteiger partial charge < -0.3 is 5.32 Å². The molecule has 0 aromatic heterocycles. The van der Waals surface area contributed by atoms with Crippen LogP contribution in [-0.4, -0.2) is 21.4 Å². The molecule has 0 radical (unpaired) electrons. The summed E-state index contributed by atoms with van der Waals surface area (Å²) in [6.07, 6.45) is 0. The first-order chi connectivity index (χ1) is 14.1. The summed E-state index contributed by atoms with van der Waals surface area (Å²) in [7, 11) is -2.33. The van der Waals surface area contributed by atoms with Gasteiger partial charge in [0.05, 0.1) is 21.2 Å². The SMILES string of the molecule is Cc1ccc(S(=O)(=O)N(C)c2ccc(Cl)c(C(=O)Nc3ccc(C)c(C)c3)c2)cc1. The second kappa shape index (κ2) is 8.50. The summed E-state index contributed by atoms with van der Waals surface area (Å²) in [4.78, 5) is 13.0. The molecule has 0 saturated heterocycles. The Kier molecular flexibility index (Phi) is 6.19. The van der Waals surface area contributed by atoms with Crippen LogP contribution in [0.2, 0.25) is 5.02 Å². The molecule has 0 fully saturated rings. The van der Waals surface area contributed by atoms with Crippen molar-refractivity contribution in [2.24, 2.45) is 0 Å². The number of anilines is 2. The van der Waals surface area contributed by atoms with E-state index < -0.39 is 15.9 Å². The molecule has 0 aliphatic rings. The number of nitrogens with one attached hydrogen (secondary N) is 1. The van der Waals surface area contributed by atoms with E-state index in [2.05, 4.69) is 5.32 Å². The van der Waals surface area contributed by atoms with Crippen LogP contribution in [0.25, 0.3) is 0 Å². The minimum atomic E-state index is -3.77. The molecule has 0 aliphatic carbocycles. The van der Waals surface area contributed by atoms with Gasteiger partial charge in [0.2, 0.25) is 0 Å².